The Bertz CT molecular complexity index is 1180. The van der Waals surface area contributed by atoms with Crippen LogP contribution in [0.1, 0.15) is 5.56 Å². The van der Waals surface area contributed by atoms with Gasteiger partial charge < -0.3 is 19.5 Å². The van der Waals surface area contributed by atoms with E-state index in [1.165, 1.54) is 26.5 Å². The summed E-state index contributed by atoms with van der Waals surface area (Å²) >= 11 is 6.00. The number of aromatic amines is 1. The van der Waals surface area contributed by atoms with E-state index in [1.807, 2.05) is 12.1 Å². The molecule has 0 aliphatic carbocycles. The van der Waals surface area contributed by atoms with Crippen LogP contribution in [0.5, 0.6) is 17.2 Å². The number of amides is 1. The zero-order chi connectivity index (χ0) is 22.4. The molecule has 1 aromatic heterocycles. The summed E-state index contributed by atoms with van der Waals surface area (Å²) in [5.74, 6) is 0.929. The summed E-state index contributed by atoms with van der Waals surface area (Å²) in [5, 5.41) is 19.6. The van der Waals surface area contributed by atoms with Crippen molar-refractivity contribution in [2.24, 2.45) is 0 Å². The van der Waals surface area contributed by atoms with E-state index in [0.29, 0.717) is 39.2 Å². The molecule has 0 spiro atoms. The molecule has 8 nitrogen and oxygen atoms in total. The van der Waals surface area contributed by atoms with Gasteiger partial charge in [0.15, 0.2) is 11.5 Å². The van der Waals surface area contributed by atoms with Gasteiger partial charge in [0.1, 0.15) is 17.4 Å². The summed E-state index contributed by atoms with van der Waals surface area (Å²) in [5.41, 5.74) is 2.15. The van der Waals surface area contributed by atoms with Crippen molar-refractivity contribution in [3.8, 4) is 34.6 Å². The first-order chi connectivity index (χ1) is 15.0. The standard InChI is InChI=1S/C22H19ClN4O4/c1-29-18-7-5-16(23)10-17(18)26-22(28)14(11-24)8-15-12-25-27-21(15)13-4-6-19(30-2)20(9-13)31-3/h4-10,12H,1-3H3,(H,25,27)(H,26,28)/b14-8+. The van der Waals surface area contributed by atoms with E-state index in [9.17, 15) is 10.1 Å². The number of methoxy groups -OCH3 is 3. The molecular weight excluding hydrogens is 420 g/mol. The van der Waals surface area contributed by atoms with Crippen LogP contribution >= 0.6 is 11.6 Å². The Morgan fingerprint density at radius 1 is 1.10 bits per heavy atom. The van der Waals surface area contributed by atoms with E-state index in [1.54, 1.807) is 37.4 Å². The van der Waals surface area contributed by atoms with E-state index in [0.717, 1.165) is 5.56 Å². The van der Waals surface area contributed by atoms with Crippen molar-refractivity contribution >= 4 is 29.3 Å². The maximum absolute atomic E-state index is 12.7. The molecule has 0 fully saturated rings. The minimum Gasteiger partial charge on any atom is -0.495 e. The van der Waals surface area contributed by atoms with Crippen LogP contribution in [0.2, 0.25) is 5.02 Å². The second-order valence-electron chi connectivity index (χ2n) is 6.24. The number of ether oxygens (including phenoxy) is 3. The summed E-state index contributed by atoms with van der Waals surface area (Å²) < 4.78 is 15.8. The van der Waals surface area contributed by atoms with Crippen LogP contribution in [0.25, 0.3) is 17.3 Å². The Balaban J connectivity index is 1.93. The van der Waals surface area contributed by atoms with Crippen LogP contribution in [0, 0.1) is 11.3 Å². The number of nitrogens with zero attached hydrogens (tertiary/aromatic N) is 2. The summed E-state index contributed by atoms with van der Waals surface area (Å²) in [7, 11) is 4.56. The predicted molar refractivity (Wildman–Crippen MR) is 117 cm³/mol. The molecule has 3 aromatic rings. The van der Waals surface area contributed by atoms with E-state index in [2.05, 4.69) is 15.5 Å². The lowest BCUT2D eigenvalue weighted by Gasteiger charge is -2.10. The highest BCUT2D eigenvalue weighted by Crippen LogP contribution is 2.33. The van der Waals surface area contributed by atoms with Crippen molar-refractivity contribution in [2.75, 3.05) is 26.6 Å². The van der Waals surface area contributed by atoms with E-state index < -0.39 is 5.91 Å². The smallest absolute Gasteiger partial charge is 0.266 e. The lowest BCUT2D eigenvalue weighted by atomic mass is 10.1. The van der Waals surface area contributed by atoms with Crippen LogP contribution in [-0.2, 0) is 4.79 Å². The maximum atomic E-state index is 12.7. The van der Waals surface area contributed by atoms with Crippen LogP contribution in [0.3, 0.4) is 0 Å². The monoisotopic (exact) mass is 438 g/mol. The number of hydrogen-bond acceptors (Lipinski definition) is 6. The van der Waals surface area contributed by atoms with Gasteiger partial charge in [-0.1, -0.05) is 11.6 Å². The highest BCUT2D eigenvalue weighted by molar-refractivity contribution is 6.31. The fourth-order valence-corrected chi connectivity index (χ4v) is 3.07. The quantitative estimate of drug-likeness (QED) is 0.420. The van der Waals surface area contributed by atoms with E-state index >= 15 is 0 Å². The first kappa shape index (κ1) is 21.7. The Kier molecular flexibility index (Phi) is 6.80. The number of H-pyrrole nitrogens is 1. The van der Waals surface area contributed by atoms with Gasteiger partial charge >= 0.3 is 0 Å². The number of nitriles is 1. The fraction of sp³-hybridized carbons (Fsp3) is 0.136. The highest BCUT2D eigenvalue weighted by atomic mass is 35.5. The summed E-state index contributed by atoms with van der Waals surface area (Å²) in [6, 6.07) is 12.1. The zero-order valence-electron chi connectivity index (χ0n) is 17.0. The second-order valence-corrected chi connectivity index (χ2v) is 6.68. The van der Waals surface area contributed by atoms with Gasteiger partial charge in [-0.15, -0.1) is 0 Å². The third-order valence-electron chi connectivity index (χ3n) is 4.42. The van der Waals surface area contributed by atoms with Crippen molar-refractivity contribution in [3.63, 3.8) is 0 Å². The van der Waals surface area contributed by atoms with Crippen LogP contribution in [0.4, 0.5) is 5.69 Å². The average Bonchev–Trinajstić information content (AvgIpc) is 3.25. The molecule has 0 aliphatic rings. The van der Waals surface area contributed by atoms with E-state index in [-0.39, 0.29) is 5.57 Å². The molecule has 1 heterocycles. The van der Waals surface area contributed by atoms with Crippen molar-refractivity contribution in [1.82, 2.24) is 10.2 Å². The minimum atomic E-state index is -0.609. The maximum Gasteiger partial charge on any atom is 0.266 e. The van der Waals surface area contributed by atoms with Crippen LogP contribution in [0.15, 0.2) is 48.2 Å². The topological polar surface area (TPSA) is 109 Å². The molecule has 2 aromatic carbocycles. The lowest BCUT2D eigenvalue weighted by Crippen LogP contribution is -2.14. The number of carbonyl (C=O) groups is 1. The number of halogens is 1. The number of aromatic nitrogens is 2. The number of anilines is 1. The largest absolute Gasteiger partial charge is 0.495 e. The molecule has 1 amide bonds. The molecule has 3 rings (SSSR count). The molecule has 0 radical (unpaired) electrons. The molecule has 0 aliphatic heterocycles. The number of nitrogens with one attached hydrogen (secondary N) is 2. The zero-order valence-corrected chi connectivity index (χ0v) is 17.8. The fourth-order valence-electron chi connectivity index (χ4n) is 2.90. The van der Waals surface area contributed by atoms with Crippen molar-refractivity contribution < 1.29 is 19.0 Å². The van der Waals surface area contributed by atoms with E-state index in [4.69, 9.17) is 25.8 Å². The van der Waals surface area contributed by atoms with Crippen molar-refractivity contribution in [3.05, 3.63) is 58.8 Å². The molecule has 31 heavy (non-hydrogen) atoms. The summed E-state index contributed by atoms with van der Waals surface area (Å²) in [4.78, 5) is 12.7. The lowest BCUT2D eigenvalue weighted by molar-refractivity contribution is -0.112. The number of hydrogen-bond donors (Lipinski definition) is 2. The summed E-state index contributed by atoms with van der Waals surface area (Å²) in [6.07, 6.45) is 2.97. The van der Waals surface area contributed by atoms with Gasteiger partial charge in [-0.25, -0.2) is 0 Å². The Labute approximate surface area is 184 Å². The van der Waals surface area contributed by atoms with Gasteiger partial charge in [0.05, 0.1) is 38.9 Å². The van der Waals surface area contributed by atoms with Gasteiger partial charge in [0.2, 0.25) is 0 Å². The number of carbonyl (C=O) groups excluding carboxylic acids is 1. The predicted octanol–water partition coefficient (Wildman–Crippen LogP) is 4.30. The van der Waals surface area contributed by atoms with Gasteiger partial charge in [-0.05, 0) is 42.5 Å². The number of benzene rings is 2. The van der Waals surface area contributed by atoms with Gasteiger partial charge in [0, 0.05) is 16.1 Å². The normalized spacial score (nSPS) is 10.9. The third-order valence-corrected chi connectivity index (χ3v) is 4.65. The molecule has 0 saturated heterocycles. The van der Waals surface area contributed by atoms with Crippen molar-refractivity contribution in [1.29, 1.82) is 5.26 Å². The highest BCUT2D eigenvalue weighted by Gasteiger charge is 2.16. The van der Waals surface area contributed by atoms with Gasteiger partial charge in [-0.2, -0.15) is 10.4 Å². The minimum absolute atomic E-state index is 0.120. The molecule has 0 bridgehead atoms. The Morgan fingerprint density at radius 3 is 2.48 bits per heavy atom. The second kappa shape index (κ2) is 9.69. The Morgan fingerprint density at radius 2 is 1.81 bits per heavy atom. The molecule has 0 atom stereocenters. The molecule has 0 saturated carbocycles. The first-order valence-corrected chi connectivity index (χ1v) is 9.41. The SMILES string of the molecule is COc1ccc(Cl)cc1NC(=O)/C(C#N)=C/c1cn[nH]c1-c1ccc(OC)c(OC)c1. The van der Waals surface area contributed by atoms with Gasteiger partial charge in [-0.3, -0.25) is 9.89 Å². The molecular formula is C22H19ClN4O4. The average molecular weight is 439 g/mol. The third kappa shape index (κ3) is 4.79. The molecule has 9 heteroatoms. The van der Waals surface area contributed by atoms with Crippen LogP contribution < -0.4 is 19.5 Å². The van der Waals surface area contributed by atoms with Crippen molar-refractivity contribution in [2.45, 2.75) is 0 Å². The molecule has 0 unspecified atom stereocenters. The Hall–Kier alpha value is -3.96. The number of rotatable bonds is 7. The first-order valence-electron chi connectivity index (χ1n) is 9.03. The van der Waals surface area contributed by atoms with Crippen LogP contribution in [-0.4, -0.2) is 37.4 Å². The molecule has 2 N–H and O–H groups in total. The van der Waals surface area contributed by atoms with Gasteiger partial charge in [0.25, 0.3) is 5.91 Å². The molecule has 158 valence electrons. The summed E-state index contributed by atoms with van der Waals surface area (Å²) in [6.45, 7) is 0.